The molecule has 0 fully saturated rings. The van der Waals surface area contributed by atoms with Gasteiger partial charge in [0.2, 0.25) is 0 Å². The van der Waals surface area contributed by atoms with Crippen LogP contribution in [0.2, 0.25) is 0 Å². The summed E-state index contributed by atoms with van der Waals surface area (Å²) >= 11 is 0. The normalized spacial score (nSPS) is 14.8. The number of benzene rings is 1. The molecule has 0 spiro atoms. The zero-order chi connectivity index (χ0) is 12.1. The third-order valence-corrected chi connectivity index (χ3v) is 2.37. The number of nitrogens with one attached hydrogen (secondary N) is 1. The second-order valence-electron chi connectivity index (χ2n) is 4.08. The van der Waals surface area contributed by atoms with Gasteiger partial charge in [0.15, 0.2) is 11.6 Å². The third-order valence-electron chi connectivity index (χ3n) is 2.37. The van der Waals surface area contributed by atoms with Crippen molar-refractivity contribution in [1.29, 1.82) is 0 Å². The average Bonchev–Trinajstić information content (AvgIpc) is 2.19. The van der Waals surface area contributed by atoms with Crippen molar-refractivity contribution < 1.29 is 13.9 Å². The quantitative estimate of drug-likeness (QED) is 0.811. The highest BCUT2D eigenvalue weighted by atomic mass is 19.2. The molecule has 0 amide bonds. The smallest absolute Gasteiger partial charge is 0.163 e. The molecular weight excluding hydrogens is 212 g/mol. The van der Waals surface area contributed by atoms with Crippen LogP contribution < -0.4 is 5.32 Å². The molecular formula is C12H17F2NO. The van der Waals surface area contributed by atoms with Crippen LogP contribution in [-0.4, -0.2) is 17.3 Å². The topological polar surface area (TPSA) is 32.3 Å². The first-order chi connectivity index (χ1) is 7.50. The van der Waals surface area contributed by atoms with Crippen molar-refractivity contribution in [1.82, 2.24) is 5.32 Å². The lowest BCUT2D eigenvalue weighted by Crippen LogP contribution is -2.29. The first-order valence-electron chi connectivity index (χ1n) is 5.35. The number of hydrogen-bond donors (Lipinski definition) is 2. The van der Waals surface area contributed by atoms with Gasteiger partial charge in [0, 0.05) is 18.2 Å². The summed E-state index contributed by atoms with van der Waals surface area (Å²) in [6.45, 7) is 3.85. The molecule has 4 heteroatoms. The molecule has 0 aromatic heterocycles. The van der Waals surface area contributed by atoms with E-state index in [1.807, 2.05) is 6.92 Å². The van der Waals surface area contributed by atoms with E-state index in [4.69, 9.17) is 5.11 Å². The molecule has 0 bridgehead atoms. The summed E-state index contributed by atoms with van der Waals surface area (Å²) in [5.74, 6) is -1.64. The van der Waals surface area contributed by atoms with Gasteiger partial charge in [0.1, 0.15) is 0 Å². The van der Waals surface area contributed by atoms with E-state index in [1.165, 1.54) is 6.07 Å². The van der Waals surface area contributed by atoms with Crippen LogP contribution >= 0.6 is 0 Å². The van der Waals surface area contributed by atoms with E-state index in [9.17, 15) is 8.78 Å². The Bertz CT molecular complexity index is 342. The van der Waals surface area contributed by atoms with Crippen LogP contribution in [0.4, 0.5) is 8.78 Å². The summed E-state index contributed by atoms with van der Waals surface area (Å²) in [4.78, 5) is 0. The molecule has 0 aliphatic rings. The molecule has 1 aromatic rings. The molecule has 2 atom stereocenters. The van der Waals surface area contributed by atoms with Gasteiger partial charge in [-0.1, -0.05) is 12.1 Å². The Balaban J connectivity index is 2.51. The minimum Gasteiger partial charge on any atom is -0.393 e. The summed E-state index contributed by atoms with van der Waals surface area (Å²) in [7, 11) is 0. The largest absolute Gasteiger partial charge is 0.393 e. The van der Waals surface area contributed by atoms with Crippen LogP contribution in [0.5, 0.6) is 0 Å². The van der Waals surface area contributed by atoms with Crippen LogP contribution in [0.3, 0.4) is 0 Å². The molecule has 2 unspecified atom stereocenters. The molecule has 0 aliphatic carbocycles. The monoisotopic (exact) mass is 229 g/mol. The number of aliphatic hydroxyl groups is 1. The van der Waals surface area contributed by atoms with Crippen LogP contribution in [0.15, 0.2) is 18.2 Å². The average molecular weight is 229 g/mol. The molecule has 0 radical (unpaired) electrons. The maximum atomic E-state index is 13.3. The number of aliphatic hydroxyl groups excluding tert-OH is 1. The molecule has 2 N–H and O–H groups in total. The van der Waals surface area contributed by atoms with E-state index >= 15 is 0 Å². The van der Waals surface area contributed by atoms with Crippen LogP contribution in [0.1, 0.15) is 25.8 Å². The highest BCUT2D eigenvalue weighted by Gasteiger charge is 2.09. The summed E-state index contributed by atoms with van der Waals surface area (Å²) < 4.78 is 26.1. The van der Waals surface area contributed by atoms with Gasteiger partial charge in [-0.15, -0.1) is 0 Å². The standard InChI is InChI=1S/C12H17F2NO/c1-8(6-9(2)16)15-7-10-4-3-5-11(13)12(10)14/h3-5,8-9,15-16H,6-7H2,1-2H3. The maximum absolute atomic E-state index is 13.3. The fourth-order valence-electron chi connectivity index (χ4n) is 1.56. The van der Waals surface area contributed by atoms with E-state index in [0.29, 0.717) is 12.0 Å². The Hall–Kier alpha value is -1.00. The van der Waals surface area contributed by atoms with Gasteiger partial charge in [-0.25, -0.2) is 8.78 Å². The first kappa shape index (κ1) is 13.1. The van der Waals surface area contributed by atoms with Crippen LogP contribution in [0.25, 0.3) is 0 Å². The predicted octanol–water partition coefficient (Wildman–Crippen LogP) is 2.21. The van der Waals surface area contributed by atoms with Gasteiger partial charge in [-0.05, 0) is 26.3 Å². The van der Waals surface area contributed by atoms with E-state index in [-0.39, 0.29) is 12.6 Å². The van der Waals surface area contributed by atoms with Gasteiger partial charge in [-0.3, -0.25) is 0 Å². The minimum absolute atomic E-state index is 0.0580. The van der Waals surface area contributed by atoms with Crippen molar-refractivity contribution >= 4 is 0 Å². The molecule has 0 saturated heterocycles. The Morgan fingerprint density at radius 2 is 2.00 bits per heavy atom. The molecule has 0 heterocycles. The molecule has 1 rings (SSSR count). The minimum atomic E-state index is -0.831. The van der Waals surface area contributed by atoms with Crippen molar-refractivity contribution in [2.75, 3.05) is 0 Å². The fraction of sp³-hybridized carbons (Fsp3) is 0.500. The lowest BCUT2D eigenvalue weighted by molar-refractivity contribution is 0.170. The van der Waals surface area contributed by atoms with Gasteiger partial charge in [-0.2, -0.15) is 0 Å². The van der Waals surface area contributed by atoms with Gasteiger partial charge in [0.25, 0.3) is 0 Å². The second-order valence-corrected chi connectivity index (χ2v) is 4.08. The van der Waals surface area contributed by atoms with Crippen molar-refractivity contribution in [2.24, 2.45) is 0 Å². The van der Waals surface area contributed by atoms with Crippen molar-refractivity contribution in [3.63, 3.8) is 0 Å². The zero-order valence-electron chi connectivity index (χ0n) is 9.50. The summed E-state index contributed by atoms with van der Waals surface area (Å²) in [5, 5.41) is 12.2. The van der Waals surface area contributed by atoms with Crippen molar-refractivity contribution in [3.05, 3.63) is 35.4 Å². The van der Waals surface area contributed by atoms with Gasteiger partial charge >= 0.3 is 0 Å². The van der Waals surface area contributed by atoms with Crippen molar-refractivity contribution in [2.45, 2.75) is 39.0 Å². The molecule has 0 saturated carbocycles. The third kappa shape index (κ3) is 3.87. The highest BCUT2D eigenvalue weighted by molar-refractivity contribution is 5.18. The lowest BCUT2D eigenvalue weighted by Gasteiger charge is -2.15. The molecule has 90 valence electrons. The molecule has 16 heavy (non-hydrogen) atoms. The number of hydrogen-bond acceptors (Lipinski definition) is 2. The van der Waals surface area contributed by atoms with Gasteiger partial charge in [0.05, 0.1) is 6.10 Å². The van der Waals surface area contributed by atoms with E-state index in [1.54, 1.807) is 13.0 Å². The van der Waals surface area contributed by atoms with E-state index in [0.717, 1.165) is 6.07 Å². The Morgan fingerprint density at radius 3 is 2.62 bits per heavy atom. The highest BCUT2D eigenvalue weighted by Crippen LogP contribution is 2.11. The van der Waals surface area contributed by atoms with E-state index < -0.39 is 17.7 Å². The SMILES string of the molecule is CC(O)CC(C)NCc1cccc(F)c1F. The van der Waals surface area contributed by atoms with Crippen LogP contribution in [0, 0.1) is 11.6 Å². The number of halogens is 2. The zero-order valence-corrected chi connectivity index (χ0v) is 9.50. The second kappa shape index (κ2) is 5.92. The fourth-order valence-corrected chi connectivity index (χ4v) is 1.56. The Kier molecular flexibility index (Phi) is 4.83. The van der Waals surface area contributed by atoms with Crippen molar-refractivity contribution in [3.8, 4) is 0 Å². The molecule has 1 aromatic carbocycles. The summed E-state index contributed by atoms with van der Waals surface area (Å²) in [6.07, 6.45) is 0.177. The number of rotatable bonds is 5. The van der Waals surface area contributed by atoms with Crippen LogP contribution in [-0.2, 0) is 6.54 Å². The van der Waals surface area contributed by atoms with E-state index in [2.05, 4.69) is 5.32 Å². The van der Waals surface area contributed by atoms with Gasteiger partial charge < -0.3 is 10.4 Å². The molecule has 0 aliphatic heterocycles. The maximum Gasteiger partial charge on any atom is 0.163 e. The molecule has 2 nitrogen and oxygen atoms in total. The summed E-state index contributed by atoms with van der Waals surface area (Å²) in [6, 6.07) is 4.18. The summed E-state index contributed by atoms with van der Waals surface area (Å²) in [5.41, 5.74) is 0.303. The lowest BCUT2D eigenvalue weighted by atomic mass is 10.1. The Morgan fingerprint density at radius 1 is 1.31 bits per heavy atom. The first-order valence-corrected chi connectivity index (χ1v) is 5.35. The predicted molar refractivity (Wildman–Crippen MR) is 59.0 cm³/mol. The Labute approximate surface area is 94.3 Å².